The molecule has 2 heterocycles. The van der Waals surface area contributed by atoms with Crippen molar-refractivity contribution in [1.82, 2.24) is 20.5 Å². The summed E-state index contributed by atoms with van der Waals surface area (Å²) in [6, 6.07) is 3.86. The summed E-state index contributed by atoms with van der Waals surface area (Å²) in [5, 5.41) is 16.7. The Morgan fingerprint density at radius 3 is 2.59 bits per heavy atom. The Morgan fingerprint density at radius 1 is 1.19 bits per heavy atom. The molecule has 37 heavy (non-hydrogen) atoms. The Kier molecular flexibility index (Phi) is 5.02. The molecule has 7 rings (SSSR count). The Labute approximate surface area is 214 Å². The Morgan fingerprint density at radius 2 is 1.92 bits per heavy atom. The topological polar surface area (TPSA) is 115 Å². The van der Waals surface area contributed by atoms with E-state index >= 15 is 0 Å². The van der Waals surface area contributed by atoms with Crippen molar-refractivity contribution < 1.29 is 28.3 Å². The molecule has 4 amide bonds. The fraction of sp³-hybridized carbons (Fsp3) is 0.269. The van der Waals surface area contributed by atoms with Gasteiger partial charge in [-0.1, -0.05) is 23.7 Å². The van der Waals surface area contributed by atoms with Crippen LogP contribution in [0, 0.1) is 18.6 Å². The minimum absolute atomic E-state index is 0.0659. The van der Waals surface area contributed by atoms with E-state index in [2.05, 4.69) is 15.6 Å². The number of urea groups is 1. The summed E-state index contributed by atoms with van der Waals surface area (Å²) in [5.74, 6) is -3.87. The van der Waals surface area contributed by atoms with Crippen molar-refractivity contribution in [2.75, 3.05) is 0 Å². The second kappa shape index (κ2) is 7.87. The van der Waals surface area contributed by atoms with Crippen LogP contribution in [0.1, 0.15) is 42.0 Å². The number of nitrogens with zero attached hydrogens (tertiary/aromatic N) is 1. The summed E-state index contributed by atoms with van der Waals surface area (Å²) in [6.45, 7) is 1.85. The van der Waals surface area contributed by atoms with E-state index in [1.807, 2.05) is 6.92 Å². The highest BCUT2D eigenvalue weighted by molar-refractivity contribution is 6.32. The first-order chi connectivity index (χ1) is 17.5. The number of hydrogen-bond acceptors (Lipinski definition) is 4. The van der Waals surface area contributed by atoms with E-state index in [1.165, 1.54) is 6.08 Å². The highest BCUT2D eigenvalue weighted by Gasteiger charge is 2.68. The molecule has 8 nitrogen and oxygen atoms in total. The lowest BCUT2D eigenvalue weighted by atomic mass is 9.46. The number of aryl methyl sites for hydroxylation is 1. The molecule has 1 atom stereocenters. The first-order valence-corrected chi connectivity index (χ1v) is 12.0. The minimum Gasteiger partial charge on any atom is -0.390 e. The molecule has 4 N–H and O–H groups in total. The van der Waals surface area contributed by atoms with Crippen molar-refractivity contribution in [3.8, 4) is 0 Å². The number of imide groups is 1. The summed E-state index contributed by atoms with van der Waals surface area (Å²) in [7, 11) is 0. The summed E-state index contributed by atoms with van der Waals surface area (Å²) >= 11 is 6.19. The molecule has 4 fully saturated rings. The van der Waals surface area contributed by atoms with Gasteiger partial charge in [-0.05, 0) is 61.6 Å². The number of amides is 4. The van der Waals surface area contributed by atoms with Gasteiger partial charge in [0.25, 0.3) is 5.91 Å². The Hall–Kier alpha value is -3.76. The van der Waals surface area contributed by atoms with Gasteiger partial charge in [0.15, 0.2) is 11.6 Å². The number of carbonyl (C=O) groups is 3. The largest absolute Gasteiger partial charge is 0.390 e. The third-order valence-corrected chi connectivity index (χ3v) is 7.86. The molecule has 2 aromatic carbocycles. The molecular formula is C26H21ClF2N4O4. The maximum absolute atomic E-state index is 14.1. The summed E-state index contributed by atoms with van der Waals surface area (Å²) in [5.41, 5.74) is 0.610. The Bertz CT molecular complexity index is 1550. The van der Waals surface area contributed by atoms with Crippen LogP contribution in [0.3, 0.4) is 0 Å². The van der Waals surface area contributed by atoms with Crippen LogP contribution >= 0.6 is 11.6 Å². The predicted octanol–water partition coefficient (Wildman–Crippen LogP) is 3.83. The number of rotatable bonds is 5. The van der Waals surface area contributed by atoms with Crippen LogP contribution in [-0.4, -0.2) is 44.0 Å². The molecule has 3 aliphatic carbocycles. The average Bonchev–Trinajstić information content (AvgIpc) is 3.33. The third kappa shape index (κ3) is 3.62. The molecule has 1 aliphatic heterocycles. The van der Waals surface area contributed by atoms with E-state index in [0.29, 0.717) is 34.7 Å². The molecule has 190 valence electrons. The summed E-state index contributed by atoms with van der Waals surface area (Å²) in [6.07, 6.45) is 4.20. The number of aromatic amines is 1. The van der Waals surface area contributed by atoms with Crippen LogP contribution in [0.2, 0.25) is 5.02 Å². The fourth-order valence-corrected chi connectivity index (χ4v) is 5.85. The minimum atomic E-state index is -1.55. The smallest absolute Gasteiger partial charge is 0.330 e. The van der Waals surface area contributed by atoms with E-state index < -0.39 is 46.7 Å². The number of halogens is 3. The molecule has 3 aromatic rings. The van der Waals surface area contributed by atoms with Crippen LogP contribution in [0.25, 0.3) is 17.0 Å². The van der Waals surface area contributed by atoms with Crippen LogP contribution < -0.4 is 10.6 Å². The van der Waals surface area contributed by atoms with Gasteiger partial charge in [0, 0.05) is 27.7 Å². The first kappa shape index (κ1) is 23.6. The van der Waals surface area contributed by atoms with Gasteiger partial charge in [-0.15, -0.1) is 0 Å². The lowest BCUT2D eigenvalue weighted by Gasteiger charge is -2.67. The standard InChI is InChI=1S/C26H21ClF2N4O4/c1-12-16(27)4-3-15-14(8-30-20(12)15)7-19-23(35)33(24(36)31-19)21(13-2-5-17(28)18(29)6-13)22(34)32-25-9-26(37,10-25)11-25/h2-8,21,30,37H,9-11H2,1H3,(H,31,36)(H,32,34)/b19-7-. The van der Waals surface area contributed by atoms with Crippen molar-refractivity contribution >= 4 is 46.4 Å². The maximum atomic E-state index is 14.1. The van der Waals surface area contributed by atoms with Gasteiger partial charge in [-0.3, -0.25) is 9.59 Å². The van der Waals surface area contributed by atoms with Crippen molar-refractivity contribution in [2.24, 2.45) is 0 Å². The number of aliphatic hydroxyl groups is 1. The van der Waals surface area contributed by atoms with Crippen LogP contribution in [-0.2, 0) is 9.59 Å². The highest BCUT2D eigenvalue weighted by Crippen LogP contribution is 2.60. The predicted molar refractivity (Wildman–Crippen MR) is 130 cm³/mol. The molecule has 0 radical (unpaired) electrons. The van der Waals surface area contributed by atoms with E-state index in [9.17, 15) is 28.3 Å². The molecule has 2 bridgehead atoms. The van der Waals surface area contributed by atoms with Crippen molar-refractivity contribution in [2.45, 2.75) is 43.4 Å². The van der Waals surface area contributed by atoms with E-state index in [1.54, 1.807) is 18.3 Å². The zero-order valence-electron chi connectivity index (χ0n) is 19.5. The second-order valence-corrected chi connectivity index (χ2v) is 10.5. The normalized spacial score (nSPS) is 26.2. The highest BCUT2D eigenvalue weighted by atomic mass is 35.5. The lowest BCUT2D eigenvalue weighted by Crippen LogP contribution is -2.79. The Balaban J connectivity index is 1.36. The zero-order chi connectivity index (χ0) is 26.3. The quantitative estimate of drug-likeness (QED) is 0.299. The number of benzene rings is 2. The zero-order valence-corrected chi connectivity index (χ0v) is 20.2. The SMILES string of the molecule is Cc1c(Cl)ccc2c(/C=C3\NC(=O)N(C(C(=O)NC45CC(O)(C4)C5)c4ccc(F)c(F)c4)C3=O)c[nH]c12. The maximum Gasteiger partial charge on any atom is 0.330 e. The lowest BCUT2D eigenvalue weighted by molar-refractivity contribution is -0.221. The van der Waals surface area contributed by atoms with E-state index in [-0.39, 0.29) is 11.3 Å². The van der Waals surface area contributed by atoms with Gasteiger partial charge in [-0.25, -0.2) is 18.5 Å². The molecule has 11 heteroatoms. The molecule has 1 unspecified atom stereocenters. The third-order valence-electron chi connectivity index (χ3n) is 7.45. The number of H-pyrrole nitrogens is 1. The van der Waals surface area contributed by atoms with E-state index in [4.69, 9.17) is 11.6 Å². The number of aromatic nitrogens is 1. The molecule has 1 aromatic heterocycles. The molecule has 4 aliphatic rings. The molecular weight excluding hydrogens is 506 g/mol. The van der Waals surface area contributed by atoms with Crippen molar-refractivity contribution in [3.63, 3.8) is 0 Å². The number of hydrogen-bond donors (Lipinski definition) is 4. The number of fused-ring (bicyclic) bond motifs is 1. The summed E-state index contributed by atoms with van der Waals surface area (Å²) < 4.78 is 27.8. The van der Waals surface area contributed by atoms with Gasteiger partial charge in [0.1, 0.15) is 11.7 Å². The fourth-order valence-electron chi connectivity index (χ4n) is 5.70. The second-order valence-electron chi connectivity index (χ2n) is 10.1. The van der Waals surface area contributed by atoms with Gasteiger partial charge < -0.3 is 20.7 Å². The van der Waals surface area contributed by atoms with Gasteiger partial charge in [0.2, 0.25) is 5.91 Å². The molecule has 1 saturated heterocycles. The summed E-state index contributed by atoms with van der Waals surface area (Å²) in [4.78, 5) is 43.7. The monoisotopic (exact) mass is 526 g/mol. The molecule has 3 saturated carbocycles. The van der Waals surface area contributed by atoms with Crippen molar-refractivity contribution in [3.05, 3.63) is 75.6 Å². The average molecular weight is 527 g/mol. The van der Waals surface area contributed by atoms with E-state index in [0.717, 1.165) is 34.7 Å². The van der Waals surface area contributed by atoms with Gasteiger partial charge in [0.05, 0.1) is 11.1 Å². The van der Waals surface area contributed by atoms with Crippen molar-refractivity contribution in [1.29, 1.82) is 0 Å². The molecule has 0 spiro atoms. The van der Waals surface area contributed by atoms with Crippen LogP contribution in [0.15, 0.2) is 42.2 Å². The van der Waals surface area contributed by atoms with Crippen LogP contribution in [0.4, 0.5) is 13.6 Å². The number of carbonyl (C=O) groups excluding carboxylic acids is 3. The van der Waals surface area contributed by atoms with Crippen LogP contribution in [0.5, 0.6) is 0 Å². The first-order valence-electron chi connectivity index (χ1n) is 11.6. The van der Waals surface area contributed by atoms with Gasteiger partial charge >= 0.3 is 6.03 Å². The number of nitrogens with one attached hydrogen (secondary N) is 3. The van der Waals surface area contributed by atoms with Gasteiger partial charge in [-0.2, -0.15) is 0 Å².